The summed E-state index contributed by atoms with van der Waals surface area (Å²) in [7, 11) is 0. The van der Waals surface area contributed by atoms with E-state index in [0.717, 1.165) is 18.7 Å². The Bertz CT molecular complexity index is 626. The topological polar surface area (TPSA) is 38.0 Å². The standard InChI is InChI=1S/C16H17ClN2S/c1-2-11-6-3-4-7-12(11)10-19-14-9-5-8-13(17)15(14)16(18)20/h3-9,19H,2,10H2,1H3,(H2,18,20). The maximum Gasteiger partial charge on any atom is 0.107 e. The fourth-order valence-electron chi connectivity index (χ4n) is 2.19. The molecule has 2 nitrogen and oxygen atoms in total. The summed E-state index contributed by atoms with van der Waals surface area (Å²) in [5, 5.41) is 3.95. The number of nitrogens with two attached hydrogens (primary N) is 1. The second-order valence-electron chi connectivity index (χ2n) is 4.50. The van der Waals surface area contributed by atoms with Crippen LogP contribution in [0.1, 0.15) is 23.6 Å². The van der Waals surface area contributed by atoms with Crippen LogP contribution in [0.5, 0.6) is 0 Å². The molecule has 0 aliphatic heterocycles. The van der Waals surface area contributed by atoms with Gasteiger partial charge in [-0.2, -0.15) is 0 Å². The molecule has 0 bridgehead atoms. The molecular weight excluding hydrogens is 288 g/mol. The average Bonchev–Trinajstić information content (AvgIpc) is 2.45. The summed E-state index contributed by atoms with van der Waals surface area (Å²) in [6.45, 7) is 2.87. The molecule has 3 N–H and O–H groups in total. The quantitative estimate of drug-likeness (QED) is 0.815. The third-order valence-corrected chi connectivity index (χ3v) is 3.75. The van der Waals surface area contributed by atoms with Crippen LogP contribution in [0.2, 0.25) is 5.02 Å². The lowest BCUT2D eigenvalue weighted by Gasteiger charge is -2.14. The summed E-state index contributed by atoms with van der Waals surface area (Å²) < 4.78 is 0. The molecule has 0 aliphatic rings. The van der Waals surface area contributed by atoms with Crippen molar-refractivity contribution in [3.63, 3.8) is 0 Å². The van der Waals surface area contributed by atoms with Crippen LogP contribution in [-0.2, 0) is 13.0 Å². The minimum atomic E-state index is 0.307. The van der Waals surface area contributed by atoms with Crippen molar-refractivity contribution in [2.24, 2.45) is 5.73 Å². The average molecular weight is 305 g/mol. The van der Waals surface area contributed by atoms with E-state index in [-0.39, 0.29) is 0 Å². The van der Waals surface area contributed by atoms with Crippen molar-refractivity contribution in [1.29, 1.82) is 0 Å². The molecule has 0 heterocycles. The van der Waals surface area contributed by atoms with E-state index in [1.54, 1.807) is 6.07 Å². The Labute approximate surface area is 130 Å². The van der Waals surface area contributed by atoms with E-state index in [2.05, 4.69) is 30.4 Å². The van der Waals surface area contributed by atoms with Gasteiger partial charge in [-0.3, -0.25) is 0 Å². The van der Waals surface area contributed by atoms with Crippen molar-refractivity contribution in [2.45, 2.75) is 19.9 Å². The Hall–Kier alpha value is -1.58. The van der Waals surface area contributed by atoms with Gasteiger partial charge in [0.25, 0.3) is 0 Å². The van der Waals surface area contributed by atoms with Gasteiger partial charge in [-0.05, 0) is 29.7 Å². The summed E-state index contributed by atoms with van der Waals surface area (Å²) >= 11 is 11.2. The molecule has 4 heteroatoms. The number of aryl methyl sites for hydroxylation is 1. The summed E-state index contributed by atoms with van der Waals surface area (Å²) in [6.07, 6.45) is 1.01. The SMILES string of the molecule is CCc1ccccc1CNc1cccc(Cl)c1C(N)=S. The maximum absolute atomic E-state index is 6.16. The lowest BCUT2D eigenvalue weighted by molar-refractivity contribution is 1.04. The van der Waals surface area contributed by atoms with Crippen molar-refractivity contribution in [1.82, 2.24) is 0 Å². The third-order valence-electron chi connectivity index (χ3n) is 3.23. The first-order valence-electron chi connectivity index (χ1n) is 6.52. The minimum Gasteiger partial charge on any atom is -0.389 e. The molecule has 0 amide bonds. The van der Waals surface area contributed by atoms with Gasteiger partial charge in [0.1, 0.15) is 4.99 Å². The van der Waals surface area contributed by atoms with E-state index in [1.165, 1.54) is 11.1 Å². The fraction of sp³-hybridized carbons (Fsp3) is 0.188. The number of hydrogen-bond acceptors (Lipinski definition) is 2. The lowest BCUT2D eigenvalue weighted by Crippen LogP contribution is -2.14. The van der Waals surface area contributed by atoms with Gasteiger partial charge in [-0.15, -0.1) is 0 Å². The molecule has 0 saturated heterocycles. The monoisotopic (exact) mass is 304 g/mol. The zero-order valence-corrected chi connectivity index (χ0v) is 12.9. The van der Waals surface area contributed by atoms with E-state index in [4.69, 9.17) is 29.6 Å². The van der Waals surface area contributed by atoms with Gasteiger partial charge >= 0.3 is 0 Å². The Morgan fingerprint density at radius 1 is 1.15 bits per heavy atom. The first kappa shape index (κ1) is 14.8. The molecule has 2 rings (SSSR count). The van der Waals surface area contributed by atoms with Gasteiger partial charge in [0, 0.05) is 12.2 Å². The predicted molar refractivity (Wildman–Crippen MR) is 90.5 cm³/mol. The van der Waals surface area contributed by atoms with Crippen molar-refractivity contribution >= 4 is 34.5 Å². The van der Waals surface area contributed by atoms with Crippen molar-refractivity contribution in [2.75, 3.05) is 5.32 Å². The molecule has 0 spiro atoms. The van der Waals surface area contributed by atoms with Crippen LogP contribution in [0.3, 0.4) is 0 Å². The Morgan fingerprint density at radius 3 is 2.50 bits per heavy atom. The van der Waals surface area contributed by atoms with Crippen LogP contribution in [0.15, 0.2) is 42.5 Å². The number of thiocarbonyl (C=S) groups is 1. The van der Waals surface area contributed by atoms with Gasteiger partial charge in [0.2, 0.25) is 0 Å². The van der Waals surface area contributed by atoms with Gasteiger partial charge in [-0.25, -0.2) is 0 Å². The zero-order chi connectivity index (χ0) is 14.5. The molecule has 0 saturated carbocycles. The molecular formula is C16H17ClN2S. The highest BCUT2D eigenvalue weighted by Gasteiger charge is 2.09. The number of nitrogens with one attached hydrogen (secondary N) is 1. The highest BCUT2D eigenvalue weighted by atomic mass is 35.5. The Morgan fingerprint density at radius 2 is 1.85 bits per heavy atom. The summed E-state index contributed by atoms with van der Waals surface area (Å²) in [4.78, 5) is 0.307. The first-order valence-corrected chi connectivity index (χ1v) is 7.31. The maximum atomic E-state index is 6.16. The molecule has 0 radical (unpaired) electrons. The van der Waals surface area contributed by atoms with Crippen LogP contribution < -0.4 is 11.1 Å². The molecule has 2 aromatic rings. The second-order valence-corrected chi connectivity index (χ2v) is 5.35. The van der Waals surface area contributed by atoms with Crippen LogP contribution >= 0.6 is 23.8 Å². The molecule has 0 atom stereocenters. The van der Waals surface area contributed by atoms with E-state index in [9.17, 15) is 0 Å². The molecule has 0 aromatic heterocycles. The Balaban J connectivity index is 2.23. The number of anilines is 1. The van der Waals surface area contributed by atoms with Gasteiger partial charge in [0.05, 0.1) is 10.6 Å². The normalized spacial score (nSPS) is 10.3. The van der Waals surface area contributed by atoms with E-state index < -0.39 is 0 Å². The highest BCUT2D eigenvalue weighted by molar-refractivity contribution is 7.80. The Kier molecular flexibility index (Phi) is 4.99. The summed E-state index contributed by atoms with van der Waals surface area (Å²) in [5.41, 5.74) is 9.93. The van der Waals surface area contributed by atoms with Gasteiger partial charge in [0.15, 0.2) is 0 Å². The van der Waals surface area contributed by atoms with Crippen molar-refractivity contribution < 1.29 is 0 Å². The molecule has 104 valence electrons. The van der Waals surface area contributed by atoms with Crippen LogP contribution in [0, 0.1) is 0 Å². The van der Waals surface area contributed by atoms with Crippen LogP contribution in [0.4, 0.5) is 5.69 Å². The van der Waals surface area contributed by atoms with E-state index >= 15 is 0 Å². The summed E-state index contributed by atoms with van der Waals surface area (Å²) in [6, 6.07) is 14.0. The van der Waals surface area contributed by atoms with Crippen molar-refractivity contribution in [3.05, 3.63) is 64.2 Å². The number of hydrogen-bond donors (Lipinski definition) is 2. The molecule has 0 fully saturated rings. The molecule has 2 aromatic carbocycles. The lowest BCUT2D eigenvalue weighted by atomic mass is 10.1. The highest BCUT2D eigenvalue weighted by Crippen LogP contribution is 2.25. The van der Waals surface area contributed by atoms with Crippen LogP contribution in [-0.4, -0.2) is 4.99 Å². The number of halogens is 1. The number of benzene rings is 2. The third kappa shape index (κ3) is 3.30. The van der Waals surface area contributed by atoms with Crippen LogP contribution in [0.25, 0.3) is 0 Å². The number of rotatable bonds is 5. The largest absolute Gasteiger partial charge is 0.389 e. The molecule has 20 heavy (non-hydrogen) atoms. The zero-order valence-electron chi connectivity index (χ0n) is 11.3. The minimum absolute atomic E-state index is 0.307. The van der Waals surface area contributed by atoms with Crippen molar-refractivity contribution in [3.8, 4) is 0 Å². The smallest absolute Gasteiger partial charge is 0.107 e. The fourth-order valence-corrected chi connectivity index (χ4v) is 2.74. The molecule has 0 unspecified atom stereocenters. The summed E-state index contributed by atoms with van der Waals surface area (Å²) in [5.74, 6) is 0. The second kappa shape index (κ2) is 6.73. The first-order chi connectivity index (χ1) is 9.63. The predicted octanol–water partition coefficient (Wildman–Crippen LogP) is 4.15. The van der Waals surface area contributed by atoms with Gasteiger partial charge in [-0.1, -0.05) is 61.1 Å². The van der Waals surface area contributed by atoms with E-state index in [1.807, 2.05) is 18.2 Å². The van der Waals surface area contributed by atoms with E-state index in [0.29, 0.717) is 15.6 Å². The van der Waals surface area contributed by atoms with Gasteiger partial charge < -0.3 is 11.1 Å². The molecule has 0 aliphatic carbocycles.